The van der Waals surface area contributed by atoms with Crippen molar-refractivity contribution in [1.29, 1.82) is 0 Å². The van der Waals surface area contributed by atoms with Crippen LogP contribution in [0.1, 0.15) is 25.3 Å². The molecule has 1 aliphatic rings. The van der Waals surface area contributed by atoms with Crippen molar-refractivity contribution in [2.75, 3.05) is 11.9 Å². The van der Waals surface area contributed by atoms with Gasteiger partial charge in [-0.15, -0.1) is 0 Å². The van der Waals surface area contributed by atoms with Gasteiger partial charge in [0.1, 0.15) is 6.04 Å². The Morgan fingerprint density at radius 3 is 2.58 bits per heavy atom. The number of aromatic nitrogens is 1. The number of aryl methyl sites for hydroxylation is 1. The van der Waals surface area contributed by atoms with E-state index in [-0.39, 0.29) is 22.3 Å². The summed E-state index contributed by atoms with van der Waals surface area (Å²) < 4.78 is 32.4. The van der Waals surface area contributed by atoms with Crippen LogP contribution in [0.5, 0.6) is 0 Å². The van der Waals surface area contributed by atoms with Crippen molar-refractivity contribution in [2.45, 2.75) is 43.7 Å². The lowest BCUT2D eigenvalue weighted by Crippen LogP contribution is -2.43. The number of benzene rings is 1. The van der Waals surface area contributed by atoms with Crippen LogP contribution < -0.4 is 5.32 Å². The monoisotopic (exact) mass is 485 g/mol. The van der Waals surface area contributed by atoms with E-state index in [0.717, 1.165) is 9.87 Å². The van der Waals surface area contributed by atoms with Crippen LogP contribution in [0.15, 0.2) is 41.4 Å². The van der Waals surface area contributed by atoms with E-state index in [9.17, 15) is 18.0 Å². The molecule has 0 spiro atoms. The molecule has 1 aromatic heterocycles. The number of halogens is 2. The molecule has 0 aliphatic carbocycles. The second-order valence-electron chi connectivity index (χ2n) is 7.14. The second kappa shape index (κ2) is 9.52. The highest BCUT2D eigenvalue weighted by Crippen LogP contribution is 2.28. The first-order valence-electron chi connectivity index (χ1n) is 9.50. The standard InChI is InChI=1S/C20H21Cl2N3O5S/c1-12-5-7-15(8-6-12)31(28,29)25-9-3-4-17(25)20(27)30-13(2)19(26)24-18-16(22)10-14(21)11-23-18/h5-8,10-11,13,17H,3-4,9H2,1-2H3,(H,23,24,26)/t13?,17-/m0/s1. The normalized spacial score (nSPS) is 17.9. The first-order valence-corrected chi connectivity index (χ1v) is 11.7. The first-order chi connectivity index (χ1) is 14.6. The smallest absolute Gasteiger partial charge is 0.325 e. The molecule has 0 saturated carbocycles. The number of sulfonamides is 1. The third-order valence-corrected chi connectivity index (χ3v) is 7.23. The number of anilines is 1. The van der Waals surface area contributed by atoms with E-state index < -0.39 is 34.0 Å². The number of ether oxygens (including phenoxy) is 1. The molecule has 2 atom stereocenters. The van der Waals surface area contributed by atoms with Crippen LogP contribution in [0.4, 0.5) is 5.82 Å². The Kier molecular flexibility index (Phi) is 7.20. The average Bonchev–Trinajstić information content (AvgIpc) is 3.21. The summed E-state index contributed by atoms with van der Waals surface area (Å²) in [7, 11) is -3.87. The van der Waals surface area contributed by atoms with Crippen molar-refractivity contribution in [3.8, 4) is 0 Å². The summed E-state index contributed by atoms with van der Waals surface area (Å²) in [5.41, 5.74) is 0.923. The zero-order chi connectivity index (χ0) is 22.8. The highest BCUT2D eigenvalue weighted by molar-refractivity contribution is 7.89. The maximum Gasteiger partial charge on any atom is 0.325 e. The van der Waals surface area contributed by atoms with Crippen LogP contribution in [0.3, 0.4) is 0 Å². The molecule has 11 heteroatoms. The maximum atomic E-state index is 13.0. The first kappa shape index (κ1) is 23.5. The van der Waals surface area contributed by atoms with E-state index in [1.807, 2.05) is 6.92 Å². The van der Waals surface area contributed by atoms with Crippen LogP contribution in [0, 0.1) is 6.92 Å². The molecular formula is C20H21Cl2N3O5S. The van der Waals surface area contributed by atoms with Crippen LogP contribution >= 0.6 is 23.2 Å². The van der Waals surface area contributed by atoms with Gasteiger partial charge in [-0.25, -0.2) is 13.4 Å². The van der Waals surface area contributed by atoms with Crippen molar-refractivity contribution in [3.05, 3.63) is 52.1 Å². The van der Waals surface area contributed by atoms with E-state index in [1.165, 1.54) is 31.3 Å². The Balaban J connectivity index is 1.68. The molecule has 8 nitrogen and oxygen atoms in total. The number of nitrogens with one attached hydrogen (secondary N) is 1. The van der Waals surface area contributed by atoms with Gasteiger partial charge in [-0.3, -0.25) is 9.59 Å². The van der Waals surface area contributed by atoms with Gasteiger partial charge >= 0.3 is 5.97 Å². The quantitative estimate of drug-likeness (QED) is 0.628. The molecule has 3 rings (SSSR count). The summed E-state index contributed by atoms with van der Waals surface area (Å²) >= 11 is 11.8. The minimum Gasteiger partial charge on any atom is -0.451 e. The van der Waals surface area contributed by atoms with Crippen LogP contribution in [0.2, 0.25) is 10.0 Å². The topological polar surface area (TPSA) is 106 Å². The lowest BCUT2D eigenvalue weighted by Gasteiger charge is -2.24. The van der Waals surface area contributed by atoms with Gasteiger partial charge in [0.15, 0.2) is 11.9 Å². The SMILES string of the molecule is Cc1ccc(S(=O)(=O)N2CCC[C@H]2C(=O)OC(C)C(=O)Nc2ncc(Cl)cc2Cl)cc1. The molecule has 0 radical (unpaired) electrons. The van der Waals surface area contributed by atoms with E-state index in [4.69, 9.17) is 27.9 Å². The predicted octanol–water partition coefficient (Wildman–Crippen LogP) is 3.42. The van der Waals surface area contributed by atoms with Gasteiger partial charge in [0.05, 0.1) is 14.9 Å². The highest BCUT2D eigenvalue weighted by Gasteiger charge is 2.41. The molecule has 1 saturated heterocycles. The van der Waals surface area contributed by atoms with Crippen LogP contribution in [-0.2, 0) is 24.3 Å². The molecular weight excluding hydrogens is 465 g/mol. The van der Waals surface area contributed by atoms with Crippen molar-refractivity contribution >= 4 is 50.9 Å². The minimum atomic E-state index is -3.87. The molecule has 1 N–H and O–H groups in total. The third kappa shape index (κ3) is 5.35. The van der Waals surface area contributed by atoms with Crippen molar-refractivity contribution in [2.24, 2.45) is 0 Å². The predicted molar refractivity (Wildman–Crippen MR) is 117 cm³/mol. The fourth-order valence-electron chi connectivity index (χ4n) is 3.14. The zero-order valence-corrected chi connectivity index (χ0v) is 19.2. The summed E-state index contributed by atoms with van der Waals surface area (Å²) in [4.78, 5) is 29.1. The summed E-state index contributed by atoms with van der Waals surface area (Å²) in [6.45, 7) is 3.43. The lowest BCUT2D eigenvalue weighted by molar-refractivity contribution is -0.156. The number of nitrogens with zero attached hydrogens (tertiary/aromatic N) is 2. The zero-order valence-electron chi connectivity index (χ0n) is 16.8. The van der Waals surface area contributed by atoms with Crippen LogP contribution in [0.25, 0.3) is 0 Å². The molecule has 1 amide bonds. The van der Waals surface area contributed by atoms with Gasteiger partial charge < -0.3 is 10.1 Å². The van der Waals surface area contributed by atoms with Crippen molar-refractivity contribution < 1.29 is 22.7 Å². The van der Waals surface area contributed by atoms with Gasteiger partial charge in [0, 0.05) is 12.7 Å². The number of amides is 1. The molecule has 2 heterocycles. The summed E-state index contributed by atoms with van der Waals surface area (Å²) in [6.07, 6.45) is 0.940. The number of hydrogen-bond donors (Lipinski definition) is 1. The Labute approximate surface area is 190 Å². The van der Waals surface area contributed by atoms with Gasteiger partial charge in [-0.2, -0.15) is 4.31 Å². The summed E-state index contributed by atoms with van der Waals surface area (Å²) in [5.74, 6) is -1.37. The molecule has 0 bridgehead atoms. The van der Waals surface area contributed by atoms with E-state index in [2.05, 4.69) is 10.3 Å². The number of carbonyl (C=O) groups excluding carboxylic acids is 2. The molecule has 2 aromatic rings. The average molecular weight is 486 g/mol. The minimum absolute atomic E-state index is 0.0726. The van der Waals surface area contributed by atoms with E-state index in [0.29, 0.717) is 17.9 Å². The summed E-state index contributed by atoms with van der Waals surface area (Å²) in [6, 6.07) is 6.81. The van der Waals surface area contributed by atoms with Gasteiger partial charge in [0.2, 0.25) is 10.0 Å². The molecule has 166 valence electrons. The van der Waals surface area contributed by atoms with Crippen molar-refractivity contribution in [3.63, 3.8) is 0 Å². The number of esters is 1. The molecule has 1 aromatic carbocycles. The van der Waals surface area contributed by atoms with Gasteiger partial charge in [-0.1, -0.05) is 40.9 Å². The Morgan fingerprint density at radius 1 is 1.26 bits per heavy atom. The fraction of sp³-hybridized carbons (Fsp3) is 0.350. The fourth-order valence-corrected chi connectivity index (χ4v) is 5.21. The second-order valence-corrected chi connectivity index (χ2v) is 9.87. The largest absolute Gasteiger partial charge is 0.451 e. The molecule has 1 fully saturated rings. The maximum absolute atomic E-state index is 13.0. The summed E-state index contributed by atoms with van der Waals surface area (Å²) in [5, 5.41) is 2.89. The number of rotatable bonds is 6. The number of carbonyl (C=O) groups is 2. The Bertz CT molecular complexity index is 1090. The number of pyridine rings is 1. The van der Waals surface area contributed by atoms with Crippen LogP contribution in [-0.4, -0.2) is 48.3 Å². The molecule has 1 unspecified atom stereocenters. The van der Waals surface area contributed by atoms with Gasteiger partial charge in [-0.05, 0) is 44.9 Å². The number of hydrogen-bond acceptors (Lipinski definition) is 6. The Hall–Kier alpha value is -2.20. The van der Waals surface area contributed by atoms with E-state index in [1.54, 1.807) is 12.1 Å². The molecule has 1 aliphatic heterocycles. The third-order valence-electron chi connectivity index (χ3n) is 4.81. The lowest BCUT2D eigenvalue weighted by atomic mass is 10.2. The molecule has 31 heavy (non-hydrogen) atoms. The highest BCUT2D eigenvalue weighted by atomic mass is 35.5. The Morgan fingerprint density at radius 2 is 1.94 bits per heavy atom. The van der Waals surface area contributed by atoms with E-state index >= 15 is 0 Å². The van der Waals surface area contributed by atoms with Gasteiger partial charge in [0.25, 0.3) is 5.91 Å². The van der Waals surface area contributed by atoms with Crippen molar-refractivity contribution in [1.82, 2.24) is 9.29 Å².